The van der Waals surface area contributed by atoms with Crippen molar-refractivity contribution in [3.8, 4) is 0 Å². The SMILES string of the molecule is O=[N+]([O-])C=C1N=CC=CN1. The number of rotatable bonds is 1. The quantitative estimate of drug-likeness (QED) is 0.418. The van der Waals surface area contributed by atoms with E-state index in [1.165, 1.54) is 6.21 Å². The molecule has 5 heteroatoms. The third-order valence-corrected chi connectivity index (χ3v) is 0.855. The Morgan fingerprint density at radius 1 is 1.80 bits per heavy atom. The van der Waals surface area contributed by atoms with Crippen LogP contribution in [0.3, 0.4) is 0 Å². The minimum Gasteiger partial charge on any atom is -0.341 e. The number of nitrogens with one attached hydrogen (secondary N) is 1. The number of aliphatic imine (C=N–C) groups is 1. The number of hydrogen-bond donors (Lipinski definition) is 1. The van der Waals surface area contributed by atoms with E-state index in [2.05, 4.69) is 10.3 Å². The highest BCUT2D eigenvalue weighted by Crippen LogP contribution is 1.94. The molecule has 0 radical (unpaired) electrons. The first-order valence-corrected chi connectivity index (χ1v) is 2.60. The highest BCUT2D eigenvalue weighted by molar-refractivity contribution is 5.73. The van der Waals surface area contributed by atoms with Crippen molar-refractivity contribution >= 4 is 6.21 Å². The Morgan fingerprint density at radius 2 is 2.60 bits per heavy atom. The molecule has 1 aliphatic rings. The van der Waals surface area contributed by atoms with Gasteiger partial charge in [0.1, 0.15) is 0 Å². The van der Waals surface area contributed by atoms with Crippen molar-refractivity contribution in [3.63, 3.8) is 0 Å². The molecule has 1 heterocycles. The number of allylic oxidation sites excluding steroid dienone is 1. The minimum absolute atomic E-state index is 0.243. The Morgan fingerprint density at radius 3 is 3.10 bits per heavy atom. The molecule has 1 aliphatic heterocycles. The molecule has 10 heavy (non-hydrogen) atoms. The Labute approximate surface area is 56.9 Å². The van der Waals surface area contributed by atoms with Gasteiger partial charge in [0.15, 0.2) is 0 Å². The average molecular weight is 139 g/mol. The first-order valence-electron chi connectivity index (χ1n) is 2.60. The van der Waals surface area contributed by atoms with Gasteiger partial charge in [-0.1, -0.05) is 0 Å². The smallest absolute Gasteiger partial charge is 0.276 e. The number of nitrogens with zero attached hydrogens (tertiary/aromatic N) is 2. The lowest BCUT2D eigenvalue weighted by molar-refractivity contribution is -0.403. The lowest BCUT2D eigenvalue weighted by Gasteiger charge is -1.98. The van der Waals surface area contributed by atoms with Gasteiger partial charge in [-0.2, -0.15) is 0 Å². The van der Waals surface area contributed by atoms with Gasteiger partial charge in [0.2, 0.25) is 5.82 Å². The molecule has 0 aromatic carbocycles. The lowest BCUT2D eigenvalue weighted by atomic mass is 10.5. The van der Waals surface area contributed by atoms with E-state index in [4.69, 9.17) is 0 Å². The summed E-state index contributed by atoms with van der Waals surface area (Å²) in [6.45, 7) is 0. The fourth-order valence-corrected chi connectivity index (χ4v) is 0.508. The zero-order valence-electron chi connectivity index (χ0n) is 5.02. The van der Waals surface area contributed by atoms with E-state index in [0.29, 0.717) is 0 Å². The summed E-state index contributed by atoms with van der Waals surface area (Å²) < 4.78 is 0. The molecule has 0 bridgehead atoms. The van der Waals surface area contributed by atoms with E-state index < -0.39 is 4.92 Å². The maximum Gasteiger partial charge on any atom is 0.276 e. The van der Waals surface area contributed by atoms with Crippen LogP contribution in [0.25, 0.3) is 0 Å². The molecule has 52 valence electrons. The van der Waals surface area contributed by atoms with Crippen LogP contribution in [0.4, 0.5) is 0 Å². The summed E-state index contributed by atoms with van der Waals surface area (Å²) in [6, 6.07) is 0. The van der Waals surface area contributed by atoms with Crippen LogP contribution in [0.5, 0.6) is 0 Å². The van der Waals surface area contributed by atoms with Gasteiger partial charge in [-0.05, 0) is 6.08 Å². The van der Waals surface area contributed by atoms with Gasteiger partial charge in [0, 0.05) is 12.4 Å². The Bertz CT molecular complexity index is 229. The maximum absolute atomic E-state index is 9.86. The van der Waals surface area contributed by atoms with Crippen molar-refractivity contribution in [2.75, 3.05) is 0 Å². The van der Waals surface area contributed by atoms with Gasteiger partial charge < -0.3 is 5.32 Å². The summed E-state index contributed by atoms with van der Waals surface area (Å²) in [5.41, 5.74) is 0. The highest BCUT2D eigenvalue weighted by atomic mass is 16.6. The fraction of sp³-hybridized carbons (Fsp3) is 0. The van der Waals surface area contributed by atoms with E-state index in [9.17, 15) is 10.1 Å². The molecule has 0 aromatic heterocycles. The fourth-order valence-electron chi connectivity index (χ4n) is 0.508. The van der Waals surface area contributed by atoms with Gasteiger partial charge in [-0.3, -0.25) is 10.1 Å². The molecule has 0 saturated heterocycles. The number of hydrogen-bond acceptors (Lipinski definition) is 4. The molecule has 0 unspecified atom stereocenters. The van der Waals surface area contributed by atoms with Crippen LogP contribution in [-0.2, 0) is 0 Å². The molecule has 1 N–H and O–H groups in total. The predicted octanol–water partition coefficient (Wildman–Crippen LogP) is 0.250. The first-order chi connectivity index (χ1) is 4.79. The third kappa shape index (κ3) is 1.70. The van der Waals surface area contributed by atoms with Crippen molar-refractivity contribution < 1.29 is 4.92 Å². The summed E-state index contributed by atoms with van der Waals surface area (Å²) in [7, 11) is 0. The monoisotopic (exact) mass is 139 g/mol. The second kappa shape index (κ2) is 2.77. The van der Waals surface area contributed by atoms with E-state index in [-0.39, 0.29) is 5.82 Å². The third-order valence-electron chi connectivity index (χ3n) is 0.855. The van der Waals surface area contributed by atoms with Crippen LogP contribution in [0.2, 0.25) is 0 Å². The Balaban J connectivity index is 2.67. The second-order valence-corrected chi connectivity index (χ2v) is 1.58. The molecular formula is C5H5N3O2. The van der Waals surface area contributed by atoms with Crippen LogP contribution in [-0.4, -0.2) is 11.1 Å². The first kappa shape index (κ1) is 6.47. The molecule has 0 atom stereocenters. The van der Waals surface area contributed by atoms with Crippen molar-refractivity contribution in [2.45, 2.75) is 0 Å². The lowest BCUT2D eigenvalue weighted by Crippen LogP contribution is -2.07. The molecule has 0 amide bonds. The largest absolute Gasteiger partial charge is 0.341 e. The Kier molecular flexibility index (Phi) is 1.79. The van der Waals surface area contributed by atoms with E-state index in [1.54, 1.807) is 12.3 Å². The standard InChI is InChI=1S/C5H5N3O2/c9-8(10)4-5-6-2-1-3-7-5/h1-4,6H. The van der Waals surface area contributed by atoms with Crippen molar-refractivity contribution in [2.24, 2.45) is 4.99 Å². The van der Waals surface area contributed by atoms with Crippen LogP contribution >= 0.6 is 0 Å². The summed E-state index contributed by atoms with van der Waals surface area (Å²) in [6.07, 6.45) is 5.51. The van der Waals surface area contributed by atoms with Gasteiger partial charge in [0.25, 0.3) is 6.20 Å². The van der Waals surface area contributed by atoms with Crippen molar-refractivity contribution in [3.05, 3.63) is 34.4 Å². The molecule has 0 spiro atoms. The molecule has 1 rings (SSSR count). The van der Waals surface area contributed by atoms with Crippen molar-refractivity contribution in [1.82, 2.24) is 5.32 Å². The predicted molar refractivity (Wildman–Crippen MR) is 35.8 cm³/mol. The molecule has 5 nitrogen and oxygen atoms in total. The maximum atomic E-state index is 9.86. The van der Waals surface area contributed by atoms with Crippen LogP contribution in [0.1, 0.15) is 0 Å². The van der Waals surface area contributed by atoms with E-state index >= 15 is 0 Å². The zero-order chi connectivity index (χ0) is 7.40. The minimum atomic E-state index is -0.557. The molecule has 0 aromatic rings. The summed E-state index contributed by atoms with van der Waals surface area (Å²) in [4.78, 5) is 13.0. The van der Waals surface area contributed by atoms with E-state index in [0.717, 1.165) is 6.20 Å². The summed E-state index contributed by atoms with van der Waals surface area (Å²) >= 11 is 0. The normalized spacial score (nSPS) is 19.0. The molecule has 0 fully saturated rings. The van der Waals surface area contributed by atoms with E-state index in [1.807, 2.05) is 0 Å². The topological polar surface area (TPSA) is 67.5 Å². The average Bonchev–Trinajstić information content (AvgIpc) is 1.88. The van der Waals surface area contributed by atoms with Crippen LogP contribution in [0.15, 0.2) is 29.3 Å². The zero-order valence-corrected chi connectivity index (χ0v) is 5.02. The van der Waals surface area contributed by atoms with Gasteiger partial charge in [-0.25, -0.2) is 4.99 Å². The molecule has 0 aliphatic carbocycles. The van der Waals surface area contributed by atoms with Gasteiger partial charge in [0.05, 0.1) is 4.92 Å². The van der Waals surface area contributed by atoms with Gasteiger partial charge >= 0.3 is 0 Å². The van der Waals surface area contributed by atoms with Crippen LogP contribution < -0.4 is 5.32 Å². The molecule has 0 saturated carbocycles. The number of nitro groups is 1. The molecular weight excluding hydrogens is 134 g/mol. The second-order valence-electron chi connectivity index (χ2n) is 1.58. The summed E-state index contributed by atoms with van der Waals surface area (Å²) in [5.74, 6) is 0.243. The van der Waals surface area contributed by atoms with Gasteiger partial charge in [-0.15, -0.1) is 0 Å². The highest BCUT2D eigenvalue weighted by Gasteiger charge is 1.98. The summed E-state index contributed by atoms with van der Waals surface area (Å²) in [5, 5.41) is 12.5. The van der Waals surface area contributed by atoms with Crippen LogP contribution in [0, 0.1) is 10.1 Å². The van der Waals surface area contributed by atoms with Crippen molar-refractivity contribution in [1.29, 1.82) is 0 Å². The Hall–Kier alpha value is -1.65.